The van der Waals surface area contributed by atoms with E-state index < -0.39 is 10.0 Å². The molecule has 0 spiro atoms. The number of anilines is 1. The molecule has 2 aromatic heterocycles. The van der Waals surface area contributed by atoms with Crippen molar-refractivity contribution in [3.8, 4) is 5.82 Å². The van der Waals surface area contributed by atoms with Crippen LogP contribution in [0.15, 0.2) is 41.6 Å². The third-order valence-electron chi connectivity index (χ3n) is 3.62. The largest absolute Gasteiger partial charge is 0.263 e. The third kappa shape index (κ3) is 3.69. The number of benzene rings is 1. The zero-order valence-electron chi connectivity index (χ0n) is 14.5. The van der Waals surface area contributed by atoms with Gasteiger partial charge in [0.25, 0.3) is 10.0 Å². The zero-order valence-corrected chi connectivity index (χ0v) is 15.3. The Kier molecular flexibility index (Phi) is 4.30. The van der Waals surface area contributed by atoms with Gasteiger partial charge in [-0.3, -0.25) is 4.72 Å². The van der Waals surface area contributed by atoms with Gasteiger partial charge in [0, 0.05) is 11.8 Å². The average Bonchev–Trinajstić information content (AvgIpc) is 2.85. The van der Waals surface area contributed by atoms with Gasteiger partial charge in [0.1, 0.15) is 12.1 Å². The predicted molar refractivity (Wildman–Crippen MR) is 95.4 cm³/mol. The number of sulfonamides is 1. The van der Waals surface area contributed by atoms with Crippen LogP contribution < -0.4 is 4.72 Å². The molecule has 3 rings (SSSR count). The monoisotopic (exact) mass is 357 g/mol. The van der Waals surface area contributed by atoms with Gasteiger partial charge in [0.05, 0.1) is 10.6 Å². The van der Waals surface area contributed by atoms with Crippen LogP contribution in [0, 0.1) is 27.7 Å². The summed E-state index contributed by atoms with van der Waals surface area (Å²) < 4.78 is 29.4. The van der Waals surface area contributed by atoms with Crippen molar-refractivity contribution in [1.82, 2.24) is 19.7 Å². The molecule has 0 amide bonds. The molecule has 3 aromatic rings. The molecule has 130 valence electrons. The lowest BCUT2D eigenvalue weighted by atomic mass is 10.2. The van der Waals surface area contributed by atoms with Crippen molar-refractivity contribution in [2.24, 2.45) is 0 Å². The smallest absolute Gasteiger partial charge is 0.263 e. The van der Waals surface area contributed by atoms with Gasteiger partial charge in [0.15, 0.2) is 5.82 Å². The standard InChI is InChI=1S/C17H19N5O2S/c1-11-5-12(2)7-15(6-11)25(23,24)21-16-9-17(19-10-18-16)22-14(4)8-13(3)20-22/h5-10H,1-4H3,(H,18,19,21). The maximum atomic E-state index is 12.6. The third-order valence-corrected chi connectivity index (χ3v) is 4.96. The Bertz CT molecular complexity index is 1020. The second kappa shape index (κ2) is 6.29. The number of hydrogen-bond donors (Lipinski definition) is 1. The zero-order chi connectivity index (χ0) is 18.2. The van der Waals surface area contributed by atoms with Gasteiger partial charge in [-0.25, -0.2) is 23.1 Å². The van der Waals surface area contributed by atoms with E-state index >= 15 is 0 Å². The first-order valence-electron chi connectivity index (χ1n) is 7.71. The molecule has 0 fully saturated rings. The van der Waals surface area contributed by atoms with E-state index in [4.69, 9.17) is 0 Å². The first-order chi connectivity index (χ1) is 11.7. The summed E-state index contributed by atoms with van der Waals surface area (Å²) in [6, 6.07) is 8.64. The molecule has 0 unspecified atom stereocenters. The summed E-state index contributed by atoms with van der Waals surface area (Å²) in [7, 11) is -3.73. The number of nitrogens with one attached hydrogen (secondary N) is 1. The molecule has 2 heterocycles. The van der Waals surface area contributed by atoms with Crippen LogP contribution in [0.2, 0.25) is 0 Å². The normalized spacial score (nSPS) is 11.5. The van der Waals surface area contributed by atoms with E-state index in [2.05, 4.69) is 19.8 Å². The van der Waals surface area contributed by atoms with Crippen molar-refractivity contribution >= 4 is 15.8 Å². The molecule has 7 nitrogen and oxygen atoms in total. The topological polar surface area (TPSA) is 89.8 Å². The van der Waals surface area contributed by atoms with Gasteiger partial charge in [0.2, 0.25) is 0 Å². The molecule has 8 heteroatoms. The molecule has 0 saturated heterocycles. The molecular weight excluding hydrogens is 338 g/mol. The Morgan fingerprint density at radius 1 is 0.920 bits per heavy atom. The predicted octanol–water partition coefficient (Wildman–Crippen LogP) is 2.70. The molecule has 0 aliphatic heterocycles. The summed E-state index contributed by atoms with van der Waals surface area (Å²) in [4.78, 5) is 8.39. The lowest BCUT2D eigenvalue weighted by Crippen LogP contribution is -2.15. The Hall–Kier alpha value is -2.74. The first kappa shape index (κ1) is 17.1. The van der Waals surface area contributed by atoms with Gasteiger partial charge < -0.3 is 0 Å². The molecule has 0 bridgehead atoms. The van der Waals surface area contributed by atoms with Crippen LogP contribution >= 0.6 is 0 Å². The average molecular weight is 357 g/mol. The van der Waals surface area contributed by atoms with Gasteiger partial charge in [-0.05, 0) is 57.0 Å². The summed E-state index contributed by atoms with van der Waals surface area (Å²) in [6.07, 6.45) is 1.31. The van der Waals surface area contributed by atoms with Crippen LogP contribution in [0.25, 0.3) is 5.82 Å². The lowest BCUT2D eigenvalue weighted by Gasteiger charge is -2.10. The van der Waals surface area contributed by atoms with Crippen LogP contribution in [-0.4, -0.2) is 28.2 Å². The van der Waals surface area contributed by atoms with Crippen LogP contribution in [0.3, 0.4) is 0 Å². The Balaban J connectivity index is 1.95. The van der Waals surface area contributed by atoms with Crippen LogP contribution in [-0.2, 0) is 10.0 Å². The number of hydrogen-bond acceptors (Lipinski definition) is 5. The van der Waals surface area contributed by atoms with Gasteiger partial charge in [-0.2, -0.15) is 5.10 Å². The van der Waals surface area contributed by atoms with Crippen LogP contribution in [0.4, 0.5) is 5.82 Å². The van der Waals surface area contributed by atoms with Gasteiger partial charge in [-0.1, -0.05) is 6.07 Å². The summed E-state index contributed by atoms with van der Waals surface area (Å²) >= 11 is 0. The fourth-order valence-corrected chi connectivity index (χ4v) is 3.85. The van der Waals surface area contributed by atoms with Crippen molar-refractivity contribution < 1.29 is 8.42 Å². The molecule has 25 heavy (non-hydrogen) atoms. The molecule has 0 aliphatic rings. The quantitative estimate of drug-likeness (QED) is 0.775. The second-order valence-electron chi connectivity index (χ2n) is 6.03. The highest BCUT2D eigenvalue weighted by molar-refractivity contribution is 7.92. The van der Waals surface area contributed by atoms with E-state index in [0.717, 1.165) is 22.5 Å². The fraction of sp³-hybridized carbons (Fsp3) is 0.235. The number of nitrogens with zero attached hydrogens (tertiary/aromatic N) is 4. The molecule has 0 radical (unpaired) electrons. The molecule has 1 N–H and O–H groups in total. The van der Waals surface area contributed by atoms with E-state index in [1.807, 2.05) is 39.8 Å². The first-order valence-corrected chi connectivity index (χ1v) is 9.20. The van der Waals surface area contributed by atoms with E-state index in [1.165, 1.54) is 6.33 Å². The Labute approximate surface area is 146 Å². The number of aryl methyl sites for hydroxylation is 4. The minimum Gasteiger partial charge on any atom is -0.263 e. The van der Waals surface area contributed by atoms with Crippen molar-refractivity contribution in [3.63, 3.8) is 0 Å². The van der Waals surface area contributed by atoms with E-state index in [-0.39, 0.29) is 10.7 Å². The maximum absolute atomic E-state index is 12.6. The molecule has 0 saturated carbocycles. The number of rotatable bonds is 4. The van der Waals surface area contributed by atoms with Crippen molar-refractivity contribution in [3.05, 3.63) is 59.2 Å². The Morgan fingerprint density at radius 3 is 2.20 bits per heavy atom. The highest BCUT2D eigenvalue weighted by atomic mass is 32.2. The van der Waals surface area contributed by atoms with E-state index in [0.29, 0.717) is 5.82 Å². The minimum atomic E-state index is -3.73. The van der Waals surface area contributed by atoms with Crippen molar-refractivity contribution in [2.75, 3.05) is 4.72 Å². The molecule has 0 atom stereocenters. The van der Waals surface area contributed by atoms with Crippen LogP contribution in [0.1, 0.15) is 22.5 Å². The van der Waals surface area contributed by atoms with E-state index in [9.17, 15) is 8.42 Å². The SMILES string of the molecule is Cc1cc(C)cc(S(=O)(=O)Nc2cc(-n3nc(C)cc3C)ncn2)c1. The second-order valence-corrected chi connectivity index (χ2v) is 7.71. The summed E-state index contributed by atoms with van der Waals surface area (Å²) in [5, 5.41) is 4.35. The lowest BCUT2D eigenvalue weighted by molar-refractivity contribution is 0.601. The van der Waals surface area contributed by atoms with Gasteiger partial charge >= 0.3 is 0 Å². The van der Waals surface area contributed by atoms with Crippen LogP contribution in [0.5, 0.6) is 0 Å². The highest BCUT2D eigenvalue weighted by Gasteiger charge is 2.16. The summed E-state index contributed by atoms with van der Waals surface area (Å²) in [5.41, 5.74) is 3.52. The minimum absolute atomic E-state index is 0.191. The maximum Gasteiger partial charge on any atom is 0.263 e. The van der Waals surface area contributed by atoms with Gasteiger partial charge in [-0.15, -0.1) is 0 Å². The van der Waals surface area contributed by atoms with Crippen molar-refractivity contribution in [2.45, 2.75) is 32.6 Å². The molecule has 1 aromatic carbocycles. The fourth-order valence-electron chi connectivity index (χ4n) is 2.66. The summed E-state index contributed by atoms with van der Waals surface area (Å²) in [5.74, 6) is 0.690. The Morgan fingerprint density at radius 2 is 1.60 bits per heavy atom. The molecular formula is C17H19N5O2S. The highest BCUT2D eigenvalue weighted by Crippen LogP contribution is 2.19. The molecule has 0 aliphatic carbocycles. The summed E-state index contributed by atoms with van der Waals surface area (Å²) in [6.45, 7) is 7.51. The van der Waals surface area contributed by atoms with E-state index in [1.54, 1.807) is 22.9 Å². The number of aromatic nitrogens is 4. The van der Waals surface area contributed by atoms with Crippen molar-refractivity contribution in [1.29, 1.82) is 0 Å².